The molecule has 28 heavy (non-hydrogen) atoms. The molecule has 0 spiro atoms. The second-order valence-electron chi connectivity index (χ2n) is 6.20. The number of hydrogen-bond acceptors (Lipinski definition) is 5. The Hall–Kier alpha value is -2.36. The molecule has 0 aromatic heterocycles. The average Bonchev–Trinajstić information content (AvgIpc) is 2.62. The first-order chi connectivity index (χ1) is 13.1. The van der Waals surface area contributed by atoms with Crippen LogP contribution in [0.25, 0.3) is 0 Å². The highest BCUT2D eigenvalue weighted by molar-refractivity contribution is 8.00. The quantitative estimate of drug-likeness (QED) is 0.564. The summed E-state index contributed by atoms with van der Waals surface area (Å²) in [6, 6.07) is 13.6. The van der Waals surface area contributed by atoms with Crippen molar-refractivity contribution in [2.24, 2.45) is 5.14 Å². The molecule has 0 radical (unpaired) electrons. The molecule has 0 aliphatic carbocycles. The van der Waals surface area contributed by atoms with Crippen LogP contribution in [0, 0.1) is 0 Å². The molecule has 0 unspecified atom stereocenters. The number of hydrogen-bond donors (Lipinski definition) is 3. The van der Waals surface area contributed by atoms with Crippen molar-refractivity contribution >= 4 is 39.3 Å². The van der Waals surface area contributed by atoms with Crippen LogP contribution < -0.4 is 15.8 Å². The van der Waals surface area contributed by atoms with E-state index in [1.165, 1.54) is 30.8 Å². The number of rotatable bonds is 8. The Morgan fingerprint density at radius 1 is 1.07 bits per heavy atom. The van der Waals surface area contributed by atoms with E-state index in [-0.39, 0.29) is 22.0 Å². The second kappa shape index (κ2) is 9.72. The smallest absolute Gasteiger partial charge is 0.238 e. The van der Waals surface area contributed by atoms with Crippen LogP contribution in [0.15, 0.2) is 58.3 Å². The SMILES string of the molecule is CC(=O)Nc1ccc(S[C@@H](C)C(=O)NCCc2ccc(S(N)(=O)=O)cc2)cc1. The lowest BCUT2D eigenvalue weighted by Crippen LogP contribution is -2.32. The Labute approximate surface area is 169 Å². The van der Waals surface area contributed by atoms with Crippen LogP contribution in [0.4, 0.5) is 5.69 Å². The maximum absolute atomic E-state index is 12.3. The van der Waals surface area contributed by atoms with E-state index in [0.29, 0.717) is 18.7 Å². The summed E-state index contributed by atoms with van der Waals surface area (Å²) in [6.45, 7) is 3.71. The summed E-state index contributed by atoms with van der Waals surface area (Å²) in [5.41, 5.74) is 1.61. The van der Waals surface area contributed by atoms with E-state index in [2.05, 4.69) is 10.6 Å². The Balaban J connectivity index is 1.80. The molecule has 0 bridgehead atoms. The van der Waals surface area contributed by atoms with Gasteiger partial charge in [-0.2, -0.15) is 0 Å². The number of carbonyl (C=O) groups excluding carboxylic acids is 2. The summed E-state index contributed by atoms with van der Waals surface area (Å²) < 4.78 is 22.5. The number of nitrogens with two attached hydrogens (primary N) is 1. The maximum atomic E-state index is 12.3. The van der Waals surface area contributed by atoms with Crippen molar-refractivity contribution < 1.29 is 18.0 Å². The molecule has 0 aliphatic heterocycles. The largest absolute Gasteiger partial charge is 0.355 e. The minimum atomic E-state index is -3.70. The van der Waals surface area contributed by atoms with Crippen molar-refractivity contribution in [2.45, 2.75) is 35.3 Å². The van der Waals surface area contributed by atoms with E-state index >= 15 is 0 Å². The van der Waals surface area contributed by atoms with Gasteiger partial charge in [0.2, 0.25) is 21.8 Å². The topological polar surface area (TPSA) is 118 Å². The van der Waals surface area contributed by atoms with Crippen LogP contribution in [0.5, 0.6) is 0 Å². The zero-order valence-electron chi connectivity index (χ0n) is 15.6. The van der Waals surface area contributed by atoms with Gasteiger partial charge in [0.1, 0.15) is 0 Å². The second-order valence-corrected chi connectivity index (χ2v) is 9.17. The highest BCUT2D eigenvalue weighted by Gasteiger charge is 2.14. The lowest BCUT2D eigenvalue weighted by molar-refractivity contribution is -0.120. The number of nitrogens with one attached hydrogen (secondary N) is 2. The van der Waals surface area contributed by atoms with Crippen molar-refractivity contribution in [1.82, 2.24) is 5.32 Å². The summed E-state index contributed by atoms with van der Waals surface area (Å²) in [7, 11) is -3.70. The normalized spacial score (nSPS) is 12.2. The lowest BCUT2D eigenvalue weighted by atomic mass is 10.1. The summed E-state index contributed by atoms with van der Waals surface area (Å²) in [5, 5.41) is 10.4. The molecular weight excluding hydrogens is 398 g/mol. The zero-order valence-corrected chi connectivity index (χ0v) is 17.3. The van der Waals surface area contributed by atoms with Crippen LogP contribution in [0.1, 0.15) is 19.4 Å². The first-order valence-electron chi connectivity index (χ1n) is 8.59. The van der Waals surface area contributed by atoms with Crippen LogP contribution in [-0.4, -0.2) is 32.0 Å². The molecule has 0 heterocycles. The van der Waals surface area contributed by atoms with E-state index < -0.39 is 10.0 Å². The fraction of sp³-hybridized carbons (Fsp3) is 0.263. The lowest BCUT2D eigenvalue weighted by Gasteiger charge is -2.12. The molecule has 0 saturated carbocycles. The molecule has 0 fully saturated rings. The molecule has 4 N–H and O–H groups in total. The van der Waals surface area contributed by atoms with Gasteiger partial charge in [-0.05, 0) is 55.3 Å². The molecule has 1 atom stereocenters. The van der Waals surface area contributed by atoms with Gasteiger partial charge in [0.25, 0.3) is 0 Å². The van der Waals surface area contributed by atoms with Gasteiger partial charge in [-0.15, -0.1) is 11.8 Å². The number of carbonyl (C=O) groups is 2. The highest BCUT2D eigenvalue weighted by atomic mass is 32.2. The Kier molecular flexibility index (Phi) is 7.61. The van der Waals surface area contributed by atoms with E-state index in [1.807, 2.05) is 19.1 Å². The van der Waals surface area contributed by atoms with Crippen LogP contribution in [0.2, 0.25) is 0 Å². The maximum Gasteiger partial charge on any atom is 0.238 e. The van der Waals surface area contributed by atoms with Crippen LogP contribution in [0.3, 0.4) is 0 Å². The standard InChI is InChI=1S/C19H23N3O4S2/c1-13(27-17-7-5-16(6-8-17)22-14(2)23)19(24)21-12-11-15-3-9-18(10-4-15)28(20,25)26/h3-10,13H,11-12H2,1-2H3,(H,21,24)(H,22,23)(H2,20,25,26)/t13-/m0/s1. The van der Waals surface area contributed by atoms with Gasteiger partial charge in [0.15, 0.2) is 0 Å². The van der Waals surface area contributed by atoms with Crippen molar-refractivity contribution in [2.75, 3.05) is 11.9 Å². The molecule has 2 amide bonds. The summed E-state index contributed by atoms with van der Waals surface area (Å²) in [4.78, 5) is 24.3. The third-order valence-electron chi connectivity index (χ3n) is 3.82. The van der Waals surface area contributed by atoms with Gasteiger partial charge in [0, 0.05) is 24.1 Å². The molecular formula is C19H23N3O4S2. The van der Waals surface area contributed by atoms with Crippen LogP contribution in [-0.2, 0) is 26.0 Å². The Morgan fingerprint density at radius 3 is 2.21 bits per heavy atom. The summed E-state index contributed by atoms with van der Waals surface area (Å²) in [6.07, 6.45) is 0.583. The third-order valence-corrected chi connectivity index (χ3v) is 5.86. The predicted octanol–water partition coefficient (Wildman–Crippen LogP) is 2.13. The monoisotopic (exact) mass is 421 g/mol. The zero-order chi connectivity index (χ0) is 20.7. The number of amides is 2. The Morgan fingerprint density at radius 2 is 1.68 bits per heavy atom. The van der Waals surface area contributed by atoms with E-state index in [4.69, 9.17) is 5.14 Å². The van der Waals surface area contributed by atoms with Gasteiger partial charge < -0.3 is 10.6 Å². The van der Waals surface area contributed by atoms with Crippen LogP contribution >= 0.6 is 11.8 Å². The molecule has 9 heteroatoms. The molecule has 2 aromatic rings. The fourth-order valence-corrected chi connectivity index (χ4v) is 3.80. The first kappa shape index (κ1) is 21.9. The van der Waals surface area contributed by atoms with E-state index in [0.717, 1.165) is 10.5 Å². The number of thioether (sulfide) groups is 1. The molecule has 2 aromatic carbocycles. The van der Waals surface area contributed by atoms with Crippen molar-refractivity contribution in [3.8, 4) is 0 Å². The number of anilines is 1. The summed E-state index contributed by atoms with van der Waals surface area (Å²) >= 11 is 1.42. The minimum absolute atomic E-state index is 0.0647. The van der Waals surface area contributed by atoms with Crippen molar-refractivity contribution in [1.29, 1.82) is 0 Å². The van der Waals surface area contributed by atoms with Gasteiger partial charge in [0.05, 0.1) is 10.1 Å². The van der Waals surface area contributed by atoms with Gasteiger partial charge >= 0.3 is 0 Å². The van der Waals surface area contributed by atoms with E-state index in [9.17, 15) is 18.0 Å². The number of primary sulfonamides is 1. The molecule has 0 saturated heterocycles. The Bertz CT molecular complexity index is 927. The summed E-state index contributed by atoms with van der Waals surface area (Å²) in [5.74, 6) is -0.218. The third kappa shape index (κ3) is 6.99. The molecule has 2 rings (SSSR count). The highest BCUT2D eigenvalue weighted by Crippen LogP contribution is 2.24. The first-order valence-corrected chi connectivity index (χ1v) is 11.0. The fourth-order valence-electron chi connectivity index (χ4n) is 2.40. The van der Waals surface area contributed by atoms with Gasteiger partial charge in [-0.1, -0.05) is 12.1 Å². The van der Waals surface area contributed by atoms with Crippen molar-refractivity contribution in [3.63, 3.8) is 0 Å². The molecule has 0 aliphatic rings. The van der Waals surface area contributed by atoms with Gasteiger partial charge in [-0.25, -0.2) is 13.6 Å². The van der Waals surface area contributed by atoms with E-state index in [1.54, 1.807) is 24.3 Å². The van der Waals surface area contributed by atoms with Gasteiger partial charge in [-0.3, -0.25) is 9.59 Å². The molecule has 150 valence electrons. The van der Waals surface area contributed by atoms with Crippen molar-refractivity contribution in [3.05, 3.63) is 54.1 Å². The predicted molar refractivity (Wildman–Crippen MR) is 111 cm³/mol. The number of benzene rings is 2. The molecule has 7 nitrogen and oxygen atoms in total. The average molecular weight is 422 g/mol. The minimum Gasteiger partial charge on any atom is -0.355 e. The number of sulfonamides is 1.